The molecule has 1 amide bonds. The maximum atomic E-state index is 14.2. The molecule has 0 atom stereocenters. The lowest BCUT2D eigenvalue weighted by Crippen LogP contribution is -2.31. The van der Waals surface area contributed by atoms with Crippen LogP contribution in [-0.4, -0.2) is 21.7 Å². The number of nitrogens with one attached hydrogen (secondary N) is 1. The second-order valence-corrected chi connectivity index (χ2v) is 6.72. The van der Waals surface area contributed by atoms with Crippen LogP contribution in [0.25, 0.3) is 16.9 Å². The SMILES string of the molecule is Cc1ccc(-n2nc(-c3ccccc3F)cc2C(=O)NC(C)C)c(C)c1. The monoisotopic (exact) mass is 351 g/mol. The van der Waals surface area contributed by atoms with Crippen molar-refractivity contribution >= 4 is 5.91 Å². The molecule has 134 valence electrons. The standard InChI is InChI=1S/C21H22FN3O/c1-13(2)23-21(26)20-12-18(16-7-5-6-8-17(16)22)24-25(20)19-10-9-14(3)11-15(19)4/h5-13H,1-4H3,(H,23,26). The van der Waals surface area contributed by atoms with Crippen molar-refractivity contribution in [3.05, 3.63) is 71.2 Å². The Morgan fingerprint density at radius 1 is 1.12 bits per heavy atom. The van der Waals surface area contributed by atoms with E-state index in [0.29, 0.717) is 17.0 Å². The maximum absolute atomic E-state index is 14.2. The minimum Gasteiger partial charge on any atom is -0.349 e. The molecule has 0 saturated heterocycles. The largest absolute Gasteiger partial charge is 0.349 e. The van der Waals surface area contributed by atoms with Crippen LogP contribution in [0.4, 0.5) is 4.39 Å². The normalized spacial score (nSPS) is 11.0. The van der Waals surface area contributed by atoms with E-state index in [1.807, 2.05) is 45.9 Å². The highest BCUT2D eigenvalue weighted by molar-refractivity contribution is 5.94. The molecular weight excluding hydrogens is 329 g/mol. The quantitative estimate of drug-likeness (QED) is 0.756. The fourth-order valence-electron chi connectivity index (χ4n) is 2.91. The van der Waals surface area contributed by atoms with Crippen molar-refractivity contribution in [1.82, 2.24) is 15.1 Å². The van der Waals surface area contributed by atoms with Gasteiger partial charge in [0.2, 0.25) is 0 Å². The number of nitrogens with zero attached hydrogens (tertiary/aromatic N) is 2. The average Bonchev–Trinajstić information content (AvgIpc) is 2.99. The summed E-state index contributed by atoms with van der Waals surface area (Å²) >= 11 is 0. The van der Waals surface area contributed by atoms with Crippen LogP contribution in [0, 0.1) is 19.7 Å². The molecule has 1 aromatic heterocycles. The Morgan fingerprint density at radius 3 is 2.50 bits per heavy atom. The summed E-state index contributed by atoms with van der Waals surface area (Å²) in [5, 5.41) is 7.43. The Balaban J connectivity index is 2.18. The fraction of sp³-hybridized carbons (Fsp3) is 0.238. The molecule has 0 unspecified atom stereocenters. The van der Waals surface area contributed by atoms with Crippen LogP contribution in [0.3, 0.4) is 0 Å². The van der Waals surface area contributed by atoms with E-state index in [1.165, 1.54) is 6.07 Å². The van der Waals surface area contributed by atoms with Gasteiger partial charge in [-0.1, -0.05) is 29.8 Å². The van der Waals surface area contributed by atoms with Gasteiger partial charge in [0, 0.05) is 11.6 Å². The number of amides is 1. The number of hydrogen-bond acceptors (Lipinski definition) is 2. The molecule has 0 aliphatic rings. The molecule has 0 saturated carbocycles. The van der Waals surface area contributed by atoms with Crippen LogP contribution in [-0.2, 0) is 0 Å². The summed E-state index contributed by atoms with van der Waals surface area (Å²) in [7, 11) is 0. The predicted molar refractivity (Wildman–Crippen MR) is 101 cm³/mol. The summed E-state index contributed by atoms with van der Waals surface area (Å²) in [5.41, 5.74) is 4.09. The number of carbonyl (C=O) groups excluding carboxylic acids is 1. The number of rotatable bonds is 4. The van der Waals surface area contributed by atoms with E-state index in [-0.39, 0.29) is 17.8 Å². The summed E-state index contributed by atoms with van der Waals surface area (Å²) in [5.74, 6) is -0.608. The Labute approximate surface area is 152 Å². The van der Waals surface area contributed by atoms with Gasteiger partial charge in [0.1, 0.15) is 11.5 Å². The first kappa shape index (κ1) is 17.9. The van der Waals surface area contributed by atoms with Crippen LogP contribution >= 0.6 is 0 Å². The van der Waals surface area contributed by atoms with Gasteiger partial charge in [-0.2, -0.15) is 5.10 Å². The van der Waals surface area contributed by atoms with E-state index >= 15 is 0 Å². The second-order valence-electron chi connectivity index (χ2n) is 6.72. The summed E-state index contributed by atoms with van der Waals surface area (Å²) in [4.78, 5) is 12.7. The Bertz CT molecular complexity index is 960. The Hall–Kier alpha value is -2.95. The third kappa shape index (κ3) is 3.52. The van der Waals surface area contributed by atoms with Crippen molar-refractivity contribution in [2.24, 2.45) is 0 Å². The molecule has 5 heteroatoms. The number of halogens is 1. The Kier molecular flexibility index (Phi) is 4.89. The zero-order valence-corrected chi connectivity index (χ0v) is 15.4. The lowest BCUT2D eigenvalue weighted by atomic mass is 10.1. The van der Waals surface area contributed by atoms with Crippen LogP contribution < -0.4 is 5.32 Å². The zero-order valence-electron chi connectivity index (χ0n) is 15.4. The van der Waals surface area contributed by atoms with Crippen molar-refractivity contribution in [2.45, 2.75) is 33.7 Å². The summed E-state index contributed by atoms with van der Waals surface area (Å²) < 4.78 is 15.8. The second kappa shape index (κ2) is 7.12. The van der Waals surface area contributed by atoms with E-state index < -0.39 is 0 Å². The molecule has 0 aliphatic heterocycles. The molecule has 4 nitrogen and oxygen atoms in total. The van der Waals surface area contributed by atoms with Crippen LogP contribution in [0.15, 0.2) is 48.5 Å². The van der Waals surface area contributed by atoms with Crippen LogP contribution in [0.5, 0.6) is 0 Å². The maximum Gasteiger partial charge on any atom is 0.270 e. The number of aromatic nitrogens is 2. The van der Waals surface area contributed by atoms with E-state index in [2.05, 4.69) is 10.4 Å². The summed E-state index contributed by atoms with van der Waals surface area (Å²) in [6, 6.07) is 14.0. The molecule has 0 fully saturated rings. The molecular formula is C21H22FN3O. The average molecular weight is 351 g/mol. The molecule has 2 aromatic carbocycles. The molecule has 3 aromatic rings. The van der Waals surface area contributed by atoms with E-state index in [4.69, 9.17) is 0 Å². The number of carbonyl (C=O) groups is 1. The van der Waals surface area contributed by atoms with Crippen LogP contribution in [0.2, 0.25) is 0 Å². The first-order chi connectivity index (χ1) is 12.4. The molecule has 3 rings (SSSR count). The van der Waals surface area contributed by atoms with Crippen molar-refractivity contribution in [3.8, 4) is 16.9 Å². The first-order valence-electron chi connectivity index (χ1n) is 8.60. The summed E-state index contributed by atoms with van der Waals surface area (Å²) in [6.07, 6.45) is 0. The highest BCUT2D eigenvalue weighted by atomic mass is 19.1. The Morgan fingerprint density at radius 2 is 1.85 bits per heavy atom. The van der Waals surface area contributed by atoms with Gasteiger partial charge < -0.3 is 5.32 Å². The molecule has 0 radical (unpaired) electrons. The third-order valence-corrected chi connectivity index (χ3v) is 4.09. The predicted octanol–water partition coefficient (Wildman–Crippen LogP) is 4.43. The molecule has 0 spiro atoms. The molecule has 0 aliphatic carbocycles. The van der Waals surface area contributed by atoms with Gasteiger partial charge in [-0.15, -0.1) is 0 Å². The van der Waals surface area contributed by atoms with Crippen molar-refractivity contribution in [2.75, 3.05) is 0 Å². The van der Waals surface area contributed by atoms with Crippen LogP contribution in [0.1, 0.15) is 35.5 Å². The van der Waals surface area contributed by atoms with Crippen molar-refractivity contribution in [1.29, 1.82) is 0 Å². The molecule has 26 heavy (non-hydrogen) atoms. The topological polar surface area (TPSA) is 46.9 Å². The summed E-state index contributed by atoms with van der Waals surface area (Å²) in [6.45, 7) is 7.77. The zero-order chi connectivity index (χ0) is 18.8. The number of benzene rings is 2. The van der Waals surface area contributed by atoms with Gasteiger partial charge in [-0.05, 0) is 57.5 Å². The van der Waals surface area contributed by atoms with Gasteiger partial charge in [0.25, 0.3) is 5.91 Å². The van der Waals surface area contributed by atoms with E-state index in [0.717, 1.165) is 16.8 Å². The lowest BCUT2D eigenvalue weighted by Gasteiger charge is -2.12. The van der Waals surface area contributed by atoms with Gasteiger partial charge in [0.15, 0.2) is 0 Å². The van der Waals surface area contributed by atoms with Gasteiger partial charge in [-0.3, -0.25) is 4.79 Å². The first-order valence-corrected chi connectivity index (χ1v) is 8.60. The molecule has 1 N–H and O–H groups in total. The smallest absolute Gasteiger partial charge is 0.270 e. The third-order valence-electron chi connectivity index (χ3n) is 4.09. The molecule has 0 bridgehead atoms. The van der Waals surface area contributed by atoms with Crippen molar-refractivity contribution in [3.63, 3.8) is 0 Å². The minimum atomic E-state index is -0.367. The van der Waals surface area contributed by atoms with Crippen molar-refractivity contribution < 1.29 is 9.18 Å². The minimum absolute atomic E-state index is 0.0122. The van der Waals surface area contributed by atoms with Gasteiger partial charge in [0.05, 0.1) is 11.4 Å². The van der Waals surface area contributed by atoms with E-state index in [1.54, 1.807) is 28.9 Å². The lowest BCUT2D eigenvalue weighted by molar-refractivity contribution is 0.0935. The fourth-order valence-corrected chi connectivity index (χ4v) is 2.91. The number of aryl methyl sites for hydroxylation is 2. The highest BCUT2D eigenvalue weighted by Gasteiger charge is 2.20. The van der Waals surface area contributed by atoms with Gasteiger partial charge in [-0.25, -0.2) is 9.07 Å². The molecule has 1 heterocycles. The van der Waals surface area contributed by atoms with Gasteiger partial charge >= 0.3 is 0 Å². The van der Waals surface area contributed by atoms with E-state index in [9.17, 15) is 9.18 Å². The highest BCUT2D eigenvalue weighted by Crippen LogP contribution is 2.25. The number of hydrogen-bond donors (Lipinski definition) is 1.